The number of fused-ring (bicyclic) bond motifs is 1. The van der Waals surface area contributed by atoms with E-state index in [0.717, 1.165) is 40.8 Å². The van der Waals surface area contributed by atoms with Crippen LogP contribution in [0.25, 0.3) is 22.4 Å². The Labute approximate surface area is 197 Å². The summed E-state index contributed by atoms with van der Waals surface area (Å²) >= 11 is 1.67. The number of nitrogens with one attached hydrogen (secondary N) is 2. The van der Waals surface area contributed by atoms with E-state index in [1.807, 2.05) is 18.6 Å². The maximum atomic E-state index is 10.1. The SMILES string of the molecule is CC(C)(O)CNc1nc(NCc2ccc(-c3ccsc3)nc2)c2ncn(C3CCCC3)c2n1. The van der Waals surface area contributed by atoms with Gasteiger partial charge in [-0.15, -0.1) is 0 Å². The maximum Gasteiger partial charge on any atom is 0.226 e. The van der Waals surface area contributed by atoms with Crippen molar-refractivity contribution in [3.05, 3.63) is 47.0 Å². The predicted molar refractivity (Wildman–Crippen MR) is 132 cm³/mol. The number of hydrogen-bond acceptors (Lipinski definition) is 8. The smallest absolute Gasteiger partial charge is 0.226 e. The summed E-state index contributed by atoms with van der Waals surface area (Å²) in [5.74, 6) is 1.16. The van der Waals surface area contributed by atoms with Gasteiger partial charge in [-0.1, -0.05) is 18.9 Å². The summed E-state index contributed by atoms with van der Waals surface area (Å²) in [5, 5.41) is 20.9. The van der Waals surface area contributed by atoms with Gasteiger partial charge in [0.1, 0.15) is 0 Å². The Morgan fingerprint density at radius 2 is 1.97 bits per heavy atom. The first-order valence-electron chi connectivity index (χ1n) is 11.4. The van der Waals surface area contributed by atoms with Crippen molar-refractivity contribution in [3.63, 3.8) is 0 Å². The maximum absolute atomic E-state index is 10.1. The lowest BCUT2D eigenvalue weighted by Gasteiger charge is -2.18. The van der Waals surface area contributed by atoms with E-state index >= 15 is 0 Å². The lowest BCUT2D eigenvalue weighted by molar-refractivity contribution is 0.0943. The number of hydrogen-bond donors (Lipinski definition) is 3. The van der Waals surface area contributed by atoms with Gasteiger partial charge in [-0.05, 0) is 49.8 Å². The Morgan fingerprint density at radius 1 is 1.12 bits per heavy atom. The van der Waals surface area contributed by atoms with E-state index in [-0.39, 0.29) is 0 Å². The fourth-order valence-electron chi connectivity index (χ4n) is 4.16. The third-order valence-electron chi connectivity index (χ3n) is 5.92. The highest BCUT2D eigenvalue weighted by Gasteiger charge is 2.22. The third-order valence-corrected chi connectivity index (χ3v) is 6.60. The Hall–Kier alpha value is -3.04. The quantitative estimate of drug-likeness (QED) is 0.343. The molecule has 0 bridgehead atoms. The number of aliphatic hydroxyl groups is 1. The summed E-state index contributed by atoms with van der Waals surface area (Å²) in [7, 11) is 0. The molecule has 0 saturated heterocycles. The Balaban J connectivity index is 1.40. The molecular formula is C24H29N7OS. The normalized spacial score (nSPS) is 14.8. The highest BCUT2D eigenvalue weighted by atomic mass is 32.1. The van der Waals surface area contributed by atoms with Crippen molar-refractivity contribution in [1.29, 1.82) is 0 Å². The second-order valence-electron chi connectivity index (χ2n) is 9.24. The van der Waals surface area contributed by atoms with E-state index in [4.69, 9.17) is 4.98 Å². The molecule has 4 aromatic rings. The molecule has 0 amide bonds. The monoisotopic (exact) mass is 463 g/mol. The zero-order valence-electron chi connectivity index (χ0n) is 19.0. The topological polar surface area (TPSA) is 101 Å². The third kappa shape index (κ3) is 4.99. The van der Waals surface area contributed by atoms with Crippen LogP contribution in [0.3, 0.4) is 0 Å². The van der Waals surface area contributed by atoms with Gasteiger partial charge in [-0.25, -0.2) is 4.98 Å². The number of nitrogens with zero attached hydrogens (tertiary/aromatic N) is 5. The van der Waals surface area contributed by atoms with Crippen molar-refractivity contribution < 1.29 is 5.11 Å². The first kappa shape index (κ1) is 21.8. The standard InChI is InChI=1S/C24H29N7OS/c1-24(2,32)14-27-23-29-21(20-22(30-23)31(15-28-20)18-5-3-4-6-18)26-12-16-7-8-19(25-11-16)17-9-10-33-13-17/h7-11,13,15,18,32H,3-6,12,14H2,1-2H3,(H2,26,27,29,30). The van der Waals surface area contributed by atoms with Crippen LogP contribution in [0.4, 0.5) is 11.8 Å². The second kappa shape index (κ2) is 9.07. The summed E-state index contributed by atoms with van der Waals surface area (Å²) in [4.78, 5) is 18.7. The minimum absolute atomic E-state index is 0.351. The summed E-state index contributed by atoms with van der Waals surface area (Å²) in [6.07, 6.45) is 8.54. The van der Waals surface area contributed by atoms with Gasteiger partial charge in [0.25, 0.3) is 0 Å². The average molecular weight is 464 g/mol. The molecule has 0 spiro atoms. The molecule has 1 aliphatic rings. The van der Waals surface area contributed by atoms with Crippen molar-refractivity contribution >= 4 is 34.3 Å². The lowest BCUT2D eigenvalue weighted by atomic mass is 10.1. The fourth-order valence-corrected chi connectivity index (χ4v) is 4.81. The molecule has 33 heavy (non-hydrogen) atoms. The Kier molecular flexibility index (Phi) is 5.99. The van der Waals surface area contributed by atoms with E-state index in [0.29, 0.717) is 30.9 Å². The molecule has 172 valence electrons. The fraction of sp³-hybridized carbons (Fsp3) is 0.417. The van der Waals surface area contributed by atoms with Crippen LogP contribution in [0.5, 0.6) is 0 Å². The highest BCUT2D eigenvalue weighted by molar-refractivity contribution is 7.08. The number of pyridine rings is 1. The number of anilines is 2. The number of aromatic nitrogens is 5. The van der Waals surface area contributed by atoms with E-state index in [2.05, 4.69) is 53.0 Å². The van der Waals surface area contributed by atoms with Crippen LogP contribution in [0, 0.1) is 0 Å². The van der Waals surface area contributed by atoms with Gasteiger partial charge < -0.3 is 20.3 Å². The summed E-state index contributed by atoms with van der Waals surface area (Å²) in [6, 6.07) is 6.62. The zero-order chi connectivity index (χ0) is 22.8. The molecule has 1 fully saturated rings. The number of rotatable bonds is 8. The molecular weight excluding hydrogens is 434 g/mol. The second-order valence-corrected chi connectivity index (χ2v) is 10.0. The van der Waals surface area contributed by atoms with Crippen LogP contribution in [0.2, 0.25) is 0 Å². The number of thiophene rings is 1. The zero-order valence-corrected chi connectivity index (χ0v) is 19.8. The van der Waals surface area contributed by atoms with Gasteiger partial charge in [0.2, 0.25) is 5.95 Å². The van der Waals surface area contributed by atoms with Gasteiger partial charge in [0.05, 0.1) is 17.6 Å². The van der Waals surface area contributed by atoms with Crippen LogP contribution in [0.15, 0.2) is 41.5 Å². The molecule has 0 radical (unpaired) electrons. The van der Waals surface area contributed by atoms with E-state index in [1.54, 1.807) is 25.2 Å². The van der Waals surface area contributed by atoms with Crippen LogP contribution in [-0.2, 0) is 6.54 Å². The molecule has 0 aliphatic heterocycles. The number of imidazole rings is 1. The van der Waals surface area contributed by atoms with Crippen molar-refractivity contribution in [2.75, 3.05) is 17.2 Å². The van der Waals surface area contributed by atoms with E-state index < -0.39 is 5.60 Å². The molecule has 9 heteroatoms. The van der Waals surface area contributed by atoms with Crippen LogP contribution in [0.1, 0.15) is 51.1 Å². The summed E-state index contributed by atoms with van der Waals surface area (Å²) in [5.41, 5.74) is 3.88. The Morgan fingerprint density at radius 3 is 2.67 bits per heavy atom. The predicted octanol–water partition coefficient (Wildman–Crippen LogP) is 4.86. The van der Waals surface area contributed by atoms with E-state index in [9.17, 15) is 5.11 Å². The van der Waals surface area contributed by atoms with Crippen molar-refractivity contribution in [2.24, 2.45) is 0 Å². The van der Waals surface area contributed by atoms with Crippen molar-refractivity contribution in [3.8, 4) is 11.3 Å². The molecule has 5 rings (SSSR count). The van der Waals surface area contributed by atoms with Crippen LogP contribution < -0.4 is 10.6 Å². The molecule has 0 aromatic carbocycles. The molecule has 1 saturated carbocycles. The minimum Gasteiger partial charge on any atom is -0.389 e. The average Bonchev–Trinajstić information content (AvgIpc) is 3.57. The molecule has 0 atom stereocenters. The van der Waals surface area contributed by atoms with Crippen LogP contribution >= 0.6 is 11.3 Å². The molecule has 0 unspecified atom stereocenters. The minimum atomic E-state index is -0.868. The van der Waals surface area contributed by atoms with Crippen LogP contribution in [-0.4, -0.2) is 41.8 Å². The largest absolute Gasteiger partial charge is 0.389 e. The molecule has 3 N–H and O–H groups in total. The molecule has 8 nitrogen and oxygen atoms in total. The van der Waals surface area contributed by atoms with Crippen molar-refractivity contribution in [2.45, 2.75) is 57.7 Å². The van der Waals surface area contributed by atoms with Crippen molar-refractivity contribution in [1.82, 2.24) is 24.5 Å². The Bertz CT molecular complexity index is 1210. The summed E-state index contributed by atoms with van der Waals surface area (Å²) in [6.45, 7) is 4.44. The van der Waals surface area contributed by atoms with Gasteiger partial charge in [-0.2, -0.15) is 21.3 Å². The van der Waals surface area contributed by atoms with Gasteiger partial charge in [-0.3, -0.25) is 4.98 Å². The van der Waals surface area contributed by atoms with E-state index in [1.165, 1.54) is 12.8 Å². The summed E-state index contributed by atoms with van der Waals surface area (Å²) < 4.78 is 2.18. The lowest BCUT2D eigenvalue weighted by Crippen LogP contribution is -2.30. The molecule has 4 heterocycles. The highest BCUT2D eigenvalue weighted by Crippen LogP contribution is 2.33. The first-order valence-corrected chi connectivity index (χ1v) is 12.3. The van der Waals surface area contributed by atoms with Gasteiger partial charge in [0.15, 0.2) is 17.0 Å². The first-order chi connectivity index (χ1) is 16.0. The van der Waals surface area contributed by atoms with Gasteiger partial charge in [0, 0.05) is 36.3 Å². The molecule has 1 aliphatic carbocycles. The van der Waals surface area contributed by atoms with Gasteiger partial charge >= 0.3 is 0 Å². The molecule has 4 aromatic heterocycles.